The molecule has 120 heavy (non-hydrogen) atoms. The van der Waals surface area contributed by atoms with Crippen LogP contribution in [-0.4, -0.2) is 73.9 Å². The molecule has 0 N–H and O–H groups in total. The number of esters is 6. The highest BCUT2D eigenvalue weighted by molar-refractivity contribution is 5.72. The van der Waals surface area contributed by atoms with E-state index < -0.39 is 18.3 Å². The van der Waals surface area contributed by atoms with Gasteiger partial charge in [-0.3, -0.25) is 28.8 Å². The normalized spacial score (nSPS) is 12.5. The van der Waals surface area contributed by atoms with Gasteiger partial charge in [0.05, 0.1) is 0 Å². The van der Waals surface area contributed by atoms with Crippen LogP contribution in [0, 0.1) is 0 Å². The van der Waals surface area contributed by atoms with Crippen LogP contribution in [0.4, 0.5) is 0 Å². The molecule has 0 saturated heterocycles. The molecule has 0 aromatic rings. The van der Waals surface area contributed by atoms with E-state index in [1.165, 1.54) is 308 Å². The Labute approximate surface area is 743 Å². The van der Waals surface area contributed by atoms with Crippen molar-refractivity contribution in [2.24, 2.45) is 0 Å². The van der Waals surface area contributed by atoms with Gasteiger partial charge in [0.2, 0.25) is 0 Å². The topological polar surface area (TPSA) is 158 Å². The lowest BCUT2D eigenvalue weighted by atomic mass is 10.0. The van der Waals surface area contributed by atoms with Gasteiger partial charge < -0.3 is 28.4 Å². The van der Waals surface area contributed by atoms with E-state index in [-0.39, 0.29) is 62.1 Å². The molecule has 12 heteroatoms. The van der Waals surface area contributed by atoms with Gasteiger partial charge in [-0.25, -0.2) is 0 Å². The quantitative estimate of drug-likeness (QED) is 0.0246. The first-order chi connectivity index (χ1) is 59.1. The molecular weight excluding hydrogens is 1490 g/mol. The lowest BCUT2D eigenvalue weighted by Crippen LogP contribution is -2.39. The van der Waals surface area contributed by atoms with Crippen LogP contribution < -0.4 is 0 Å². The van der Waals surface area contributed by atoms with Crippen LogP contribution in [0.1, 0.15) is 580 Å². The number of hydrogen-bond acceptors (Lipinski definition) is 12. The van der Waals surface area contributed by atoms with Crippen molar-refractivity contribution < 1.29 is 57.2 Å². The van der Waals surface area contributed by atoms with Gasteiger partial charge in [-0.1, -0.05) is 450 Å². The average molecular weight is 1690 g/mol. The minimum atomic E-state index is -0.854. The maximum absolute atomic E-state index is 13.8. The highest BCUT2D eigenvalue weighted by Gasteiger charge is 2.30. The van der Waals surface area contributed by atoms with Crippen LogP contribution in [0.25, 0.3) is 0 Å². The van der Waals surface area contributed by atoms with Gasteiger partial charge in [0.15, 0.2) is 12.2 Å². The van der Waals surface area contributed by atoms with E-state index in [4.69, 9.17) is 28.4 Å². The Morgan fingerprint density at radius 3 is 0.567 bits per heavy atom. The lowest BCUT2D eigenvalue weighted by molar-refractivity contribution is -0.176. The lowest BCUT2D eigenvalue weighted by Gasteiger charge is -2.27. The second-order valence-electron chi connectivity index (χ2n) is 36.3. The van der Waals surface area contributed by atoms with E-state index in [0.717, 1.165) is 193 Å². The van der Waals surface area contributed by atoms with Gasteiger partial charge in [-0.2, -0.15) is 0 Å². The molecule has 0 amide bonds. The summed E-state index contributed by atoms with van der Waals surface area (Å²) in [4.78, 5) is 79.9. The molecule has 0 aliphatic heterocycles. The highest BCUT2D eigenvalue weighted by atomic mass is 16.6. The SMILES string of the molecule is CCCCCCCCC=CCCCCCCCC(=O)OCC(OC(=O)CCCCCCCC=CCCCCCCCC)C(CCCCCCCCCCCCCCCC(=O)OCC(COC(=O)CCCCCCCCCCCCCCC)OC(=O)CCCCCCCCCCCCCCC)OC(=O)CCCCCCCC=CCCCCCCCC. The average Bonchev–Trinajstić information content (AvgIpc) is 0.884. The van der Waals surface area contributed by atoms with E-state index in [1.807, 2.05) is 0 Å². The van der Waals surface area contributed by atoms with Crippen LogP contribution in [0.2, 0.25) is 0 Å². The summed E-state index contributed by atoms with van der Waals surface area (Å²) in [5.74, 6) is -1.80. The first-order valence-electron chi connectivity index (χ1n) is 53.1. The molecule has 0 aromatic carbocycles. The van der Waals surface area contributed by atoms with Gasteiger partial charge in [-0.05, 0) is 128 Å². The first kappa shape index (κ1) is 116. The van der Waals surface area contributed by atoms with Crippen LogP contribution in [0.15, 0.2) is 36.5 Å². The number of unbranched alkanes of at least 4 members (excludes halogenated alkanes) is 69. The molecule has 0 fully saturated rings. The molecule has 704 valence electrons. The van der Waals surface area contributed by atoms with Gasteiger partial charge in [0, 0.05) is 38.5 Å². The summed E-state index contributed by atoms with van der Waals surface area (Å²) >= 11 is 0. The van der Waals surface area contributed by atoms with Crippen molar-refractivity contribution in [3.05, 3.63) is 36.5 Å². The fourth-order valence-corrected chi connectivity index (χ4v) is 16.3. The van der Waals surface area contributed by atoms with Crippen molar-refractivity contribution in [2.45, 2.75) is 599 Å². The third-order valence-corrected chi connectivity index (χ3v) is 24.3. The van der Waals surface area contributed by atoms with Crippen molar-refractivity contribution in [1.82, 2.24) is 0 Å². The van der Waals surface area contributed by atoms with E-state index in [1.54, 1.807) is 0 Å². The van der Waals surface area contributed by atoms with Crippen molar-refractivity contribution in [3.8, 4) is 0 Å². The molecule has 0 aliphatic rings. The Morgan fingerprint density at radius 2 is 0.342 bits per heavy atom. The monoisotopic (exact) mass is 1690 g/mol. The molecular formula is C108H200O12. The van der Waals surface area contributed by atoms with Gasteiger partial charge in [0.1, 0.15) is 25.9 Å². The minimum Gasteiger partial charge on any atom is -0.462 e. The summed E-state index contributed by atoms with van der Waals surface area (Å²) in [7, 11) is 0. The Hall–Kier alpha value is -3.96. The van der Waals surface area contributed by atoms with Gasteiger partial charge >= 0.3 is 35.8 Å². The largest absolute Gasteiger partial charge is 0.462 e. The predicted octanol–water partition coefficient (Wildman–Crippen LogP) is 34.3. The summed E-state index contributed by atoms with van der Waals surface area (Å²) in [6.45, 7) is 11.0. The summed E-state index contributed by atoms with van der Waals surface area (Å²) in [6, 6.07) is 0. The van der Waals surface area contributed by atoms with Crippen LogP contribution in [0.3, 0.4) is 0 Å². The van der Waals surface area contributed by atoms with Crippen LogP contribution in [0.5, 0.6) is 0 Å². The number of rotatable bonds is 99. The molecule has 0 rings (SSSR count). The van der Waals surface area contributed by atoms with Gasteiger partial charge in [-0.15, -0.1) is 0 Å². The Morgan fingerprint density at radius 1 is 0.175 bits per heavy atom. The van der Waals surface area contributed by atoms with Gasteiger partial charge in [0.25, 0.3) is 0 Å². The highest BCUT2D eigenvalue weighted by Crippen LogP contribution is 2.24. The fraction of sp³-hybridized carbons (Fsp3) is 0.889. The first-order valence-corrected chi connectivity index (χ1v) is 53.1. The summed E-state index contributed by atoms with van der Waals surface area (Å²) < 4.78 is 35.7. The predicted molar refractivity (Wildman–Crippen MR) is 511 cm³/mol. The Bertz CT molecular complexity index is 2260. The molecule has 0 aliphatic carbocycles. The minimum absolute atomic E-state index is 0.102. The van der Waals surface area contributed by atoms with Crippen molar-refractivity contribution in [1.29, 1.82) is 0 Å². The number of ether oxygens (including phenoxy) is 6. The molecule has 3 unspecified atom stereocenters. The van der Waals surface area contributed by atoms with E-state index >= 15 is 0 Å². The summed E-state index contributed by atoms with van der Waals surface area (Å²) in [5, 5.41) is 0. The zero-order chi connectivity index (χ0) is 86.9. The molecule has 12 nitrogen and oxygen atoms in total. The standard InChI is InChI=1S/C108H200O12/c1-6-11-16-21-26-31-36-41-44-51-57-65-72-79-86-93-105(111)117-99-102(120-108(114)96-89-82-75-68-61-53-46-43-38-33-28-23-18-13-8-3)101(119-107(113)95-88-81-74-67-60-52-45-42-37-32-27-22-17-12-7-2)90-83-76-69-62-55-50-47-54-58-64-71-78-85-92-104(110)116-98-100(118-106(112)94-87-80-73-66-59-49-40-35-30-25-20-15-10-5)97-115-103(109)91-84-77-70-63-56-48-39-34-29-24-19-14-9-4/h41-46,100-102H,6-40,47-99H2,1-5H3. The van der Waals surface area contributed by atoms with Crippen LogP contribution >= 0.6 is 0 Å². The second kappa shape index (κ2) is 98.8. The second-order valence-corrected chi connectivity index (χ2v) is 36.3. The van der Waals surface area contributed by atoms with Crippen LogP contribution in [-0.2, 0) is 57.2 Å². The summed E-state index contributed by atoms with van der Waals surface area (Å²) in [6.07, 6.45) is 106. The van der Waals surface area contributed by atoms with Crippen molar-refractivity contribution in [3.63, 3.8) is 0 Å². The van der Waals surface area contributed by atoms with E-state index in [9.17, 15) is 28.8 Å². The summed E-state index contributed by atoms with van der Waals surface area (Å²) in [5.41, 5.74) is 0. The Balaban J connectivity index is 5.44. The number of carbonyl (C=O) groups excluding carboxylic acids is 6. The number of hydrogen-bond donors (Lipinski definition) is 0. The molecule has 0 radical (unpaired) electrons. The smallest absolute Gasteiger partial charge is 0.306 e. The third-order valence-electron chi connectivity index (χ3n) is 24.3. The maximum atomic E-state index is 13.8. The van der Waals surface area contributed by atoms with E-state index in [0.29, 0.717) is 38.5 Å². The number of carbonyl (C=O) groups is 6. The molecule has 0 saturated carbocycles. The molecule has 0 heterocycles. The fourth-order valence-electron chi connectivity index (χ4n) is 16.3. The number of allylic oxidation sites excluding steroid dienone is 6. The molecule has 3 atom stereocenters. The molecule has 0 bridgehead atoms. The zero-order valence-electron chi connectivity index (χ0n) is 80.3. The zero-order valence-corrected chi connectivity index (χ0v) is 80.3. The maximum Gasteiger partial charge on any atom is 0.306 e. The molecule has 0 aromatic heterocycles. The molecule has 0 spiro atoms. The van der Waals surface area contributed by atoms with Crippen molar-refractivity contribution in [2.75, 3.05) is 19.8 Å². The Kier molecular flexibility index (Phi) is 95.6. The van der Waals surface area contributed by atoms with E-state index in [2.05, 4.69) is 71.1 Å². The van der Waals surface area contributed by atoms with Crippen molar-refractivity contribution >= 4 is 35.8 Å². The third kappa shape index (κ3) is 91.7.